The molecule has 1 unspecified atom stereocenters. The number of rotatable bonds is 3. The topological polar surface area (TPSA) is 56.0 Å². The van der Waals surface area contributed by atoms with Crippen molar-refractivity contribution < 1.29 is 4.79 Å². The van der Waals surface area contributed by atoms with Gasteiger partial charge in [-0.2, -0.15) is 0 Å². The molecule has 0 saturated carbocycles. The second-order valence-corrected chi connectivity index (χ2v) is 4.76. The molecule has 1 aromatic rings. The molecule has 1 aliphatic rings. The quantitative estimate of drug-likeness (QED) is 0.868. The van der Waals surface area contributed by atoms with Crippen LogP contribution < -0.4 is 5.73 Å². The first-order valence-corrected chi connectivity index (χ1v) is 6.08. The first-order chi connectivity index (χ1) is 8.16. The van der Waals surface area contributed by atoms with Crippen LogP contribution in [0.5, 0.6) is 0 Å². The number of Topliss-reactive ketones (excluding diaryl/α,β-unsaturated/α-hetero) is 1. The van der Waals surface area contributed by atoms with Crippen molar-refractivity contribution in [1.82, 2.24) is 4.98 Å². The maximum absolute atomic E-state index is 12.1. The van der Waals surface area contributed by atoms with Crippen LogP contribution in [0.25, 0.3) is 0 Å². The number of nitrogen functional groups attached to an aromatic ring is 1. The molecular formula is C14H18N2O. The zero-order chi connectivity index (χ0) is 12.3. The van der Waals surface area contributed by atoms with Gasteiger partial charge in [0.15, 0.2) is 5.78 Å². The van der Waals surface area contributed by atoms with E-state index < -0.39 is 0 Å². The van der Waals surface area contributed by atoms with Crippen molar-refractivity contribution in [3.8, 4) is 0 Å². The Bertz CT molecular complexity index is 451. The van der Waals surface area contributed by atoms with Gasteiger partial charge in [0, 0.05) is 18.2 Å². The SMILES string of the molecule is CC1CC=C(C(=O)Cc2cccnc2N)CC1. The Kier molecular flexibility index (Phi) is 3.57. The molecule has 2 rings (SSSR count). The zero-order valence-corrected chi connectivity index (χ0v) is 10.1. The van der Waals surface area contributed by atoms with E-state index in [1.54, 1.807) is 6.20 Å². The third-order valence-electron chi connectivity index (χ3n) is 3.31. The number of anilines is 1. The van der Waals surface area contributed by atoms with Crippen molar-refractivity contribution in [2.24, 2.45) is 5.92 Å². The second-order valence-electron chi connectivity index (χ2n) is 4.76. The van der Waals surface area contributed by atoms with Crippen molar-refractivity contribution >= 4 is 11.6 Å². The Balaban J connectivity index is 2.05. The van der Waals surface area contributed by atoms with E-state index in [1.165, 1.54) is 0 Å². The van der Waals surface area contributed by atoms with E-state index in [1.807, 2.05) is 12.1 Å². The third-order valence-corrected chi connectivity index (χ3v) is 3.31. The number of pyridine rings is 1. The van der Waals surface area contributed by atoms with E-state index in [0.717, 1.165) is 30.4 Å². The third kappa shape index (κ3) is 2.93. The second kappa shape index (κ2) is 5.13. The summed E-state index contributed by atoms with van der Waals surface area (Å²) in [6.07, 6.45) is 7.14. The van der Waals surface area contributed by atoms with Crippen molar-refractivity contribution in [3.63, 3.8) is 0 Å². The number of ketones is 1. The minimum atomic E-state index is 0.191. The molecule has 0 saturated heterocycles. The van der Waals surface area contributed by atoms with Crippen LogP contribution in [0.3, 0.4) is 0 Å². The molecule has 1 aliphatic carbocycles. The summed E-state index contributed by atoms with van der Waals surface area (Å²) in [6, 6.07) is 3.68. The number of hydrogen-bond donors (Lipinski definition) is 1. The summed E-state index contributed by atoms with van der Waals surface area (Å²) in [5.74, 6) is 1.36. The van der Waals surface area contributed by atoms with E-state index in [0.29, 0.717) is 18.2 Å². The van der Waals surface area contributed by atoms with Crippen LogP contribution in [0.2, 0.25) is 0 Å². The number of nitrogens with zero attached hydrogens (tertiary/aromatic N) is 1. The van der Waals surface area contributed by atoms with Crippen LogP contribution >= 0.6 is 0 Å². The van der Waals surface area contributed by atoms with E-state index in [2.05, 4.69) is 18.0 Å². The lowest BCUT2D eigenvalue weighted by atomic mass is 9.88. The van der Waals surface area contributed by atoms with Gasteiger partial charge >= 0.3 is 0 Å². The molecule has 0 spiro atoms. The van der Waals surface area contributed by atoms with Gasteiger partial charge in [0.1, 0.15) is 5.82 Å². The molecule has 0 radical (unpaired) electrons. The van der Waals surface area contributed by atoms with Crippen LogP contribution in [0.15, 0.2) is 30.0 Å². The van der Waals surface area contributed by atoms with Gasteiger partial charge in [0.05, 0.1) is 0 Å². The predicted molar refractivity (Wildman–Crippen MR) is 68.5 cm³/mol. The summed E-state index contributed by atoms with van der Waals surface area (Å²) in [7, 11) is 0. The molecule has 0 amide bonds. The Morgan fingerprint density at radius 3 is 3.06 bits per heavy atom. The van der Waals surface area contributed by atoms with Gasteiger partial charge in [-0.15, -0.1) is 0 Å². The molecule has 1 atom stereocenters. The Labute approximate surface area is 102 Å². The number of aromatic nitrogens is 1. The predicted octanol–water partition coefficient (Wildman–Crippen LogP) is 2.52. The molecule has 0 aromatic carbocycles. The summed E-state index contributed by atoms with van der Waals surface area (Å²) in [5.41, 5.74) is 7.53. The number of hydrogen-bond acceptors (Lipinski definition) is 3. The molecule has 17 heavy (non-hydrogen) atoms. The fourth-order valence-corrected chi connectivity index (χ4v) is 2.11. The maximum atomic E-state index is 12.1. The smallest absolute Gasteiger partial charge is 0.163 e. The van der Waals surface area contributed by atoms with Crippen molar-refractivity contribution in [2.45, 2.75) is 32.6 Å². The van der Waals surface area contributed by atoms with Crippen LogP contribution in [-0.4, -0.2) is 10.8 Å². The molecule has 3 heteroatoms. The molecule has 0 fully saturated rings. The fourth-order valence-electron chi connectivity index (χ4n) is 2.11. The maximum Gasteiger partial charge on any atom is 0.163 e. The Morgan fingerprint density at radius 1 is 1.59 bits per heavy atom. The normalized spacial score (nSPS) is 19.8. The lowest BCUT2D eigenvalue weighted by Crippen LogP contribution is -2.13. The molecule has 90 valence electrons. The van der Waals surface area contributed by atoms with Gasteiger partial charge in [-0.3, -0.25) is 4.79 Å². The largest absolute Gasteiger partial charge is 0.383 e. The van der Waals surface area contributed by atoms with E-state index in [-0.39, 0.29) is 5.78 Å². The Morgan fingerprint density at radius 2 is 2.41 bits per heavy atom. The van der Waals surface area contributed by atoms with E-state index in [9.17, 15) is 4.79 Å². The van der Waals surface area contributed by atoms with Crippen LogP contribution in [0, 0.1) is 5.92 Å². The summed E-state index contributed by atoms with van der Waals surface area (Å²) in [5, 5.41) is 0. The number of carbonyl (C=O) groups excluding carboxylic acids is 1. The highest BCUT2D eigenvalue weighted by atomic mass is 16.1. The van der Waals surface area contributed by atoms with E-state index >= 15 is 0 Å². The molecule has 0 bridgehead atoms. The zero-order valence-electron chi connectivity index (χ0n) is 10.1. The molecule has 1 aromatic heterocycles. The van der Waals surface area contributed by atoms with Gasteiger partial charge < -0.3 is 5.73 Å². The van der Waals surface area contributed by atoms with Crippen molar-refractivity contribution in [2.75, 3.05) is 5.73 Å². The van der Waals surface area contributed by atoms with Crippen molar-refractivity contribution in [1.29, 1.82) is 0 Å². The minimum Gasteiger partial charge on any atom is -0.383 e. The number of carbonyl (C=O) groups is 1. The van der Waals surface area contributed by atoms with Gasteiger partial charge in [-0.25, -0.2) is 4.98 Å². The van der Waals surface area contributed by atoms with Crippen LogP contribution in [0.1, 0.15) is 31.7 Å². The molecule has 2 N–H and O–H groups in total. The lowest BCUT2D eigenvalue weighted by molar-refractivity contribution is -0.115. The van der Waals surface area contributed by atoms with Gasteiger partial charge in [0.2, 0.25) is 0 Å². The molecular weight excluding hydrogens is 212 g/mol. The highest BCUT2D eigenvalue weighted by molar-refractivity contribution is 5.97. The summed E-state index contributed by atoms with van der Waals surface area (Å²) in [4.78, 5) is 16.1. The average Bonchev–Trinajstić information content (AvgIpc) is 2.33. The summed E-state index contributed by atoms with van der Waals surface area (Å²) >= 11 is 0. The monoisotopic (exact) mass is 230 g/mol. The Hall–Kier alpha value is -1.64. The first-order valence-electron chi connectivity index (χ1n) is 6.08. The standard InChI is InChI=1S/C14H18N2O/c1-10-4-6-11(7-5-10)13(17)9-12-3-2-8-16-14(12)15/h2-3,6,8,10H,4-5,7,9H2,1H3,(H2,15,16). The van der Waals surface area contributed by atoms with Gasteiger partial charge in [-0.1, -0.05) is 19.1 Å². The average molecular weight is 230 g/mol. The van der Waals surface area contributed by atoms with Crippen LogP contribution in [-0.2, 0) is 11.2 Å². The number of nitrogens with two attached hydrogens (primary N) is 1. The first kappa shape index (κ1) is 11.8. The molecule has 0 aliphatic heterocycles. The van der Waals surface area contributed by atoms with Crippen LogP contribution in [0.4, 0.5) is 5.82 Å². The van der Waals surface area contributed by atoms with Gasteiger partial charge in [0.25, 0.3) is 0 Å². The van der Waals surface area contributed by atoms with Crippen molar-refractivity contribution in [3.05, 3.63) is 35.5 Å². The minimum absolute atomic E-state index is 0.191. The highest BCUT2D eigenvalue weighted by Crippen LogP contribution is 2.24. The summed E-state index contributed by atoms with van der Waals surface area (Å²) < 4.78 is 0. The van der Waals surface area contributed by atoms with Gasteiger partial charge in [-0.05, 0) is 36.8 Å². The fraction of sp³-hybridized carbons (Fsp3) is 0.429. The summed E-state index contributed by atoms with van der Waals surface area (Å²) in [6.45, 7) is 2.22. The number of allylic oxidation sites excluding steroid dienone is 2. The lowest BCUT2D eigenvalue weighted by Gasteiger charge is -2.17. The molecule has 1 heterocycles. The van der Waals surface area contributed by atoms with E-state index in [4.69, 9.17) is 5.73 Å². The molecule has 3 nitrogen and oxygen atoms in total. The highest BCUT2D eigenvalue weighted by Gasteiger charge is 2.17.